The van der Waals surface area contributed by atoms with Gasteiger partial charge in [0.1, 0.15) is 22.8 Å². The van der Waals surface area contributed by atoms with Crippen molar-refractivity contribution in [1.29, 1.82) is 0 Å². The van der Waals surface area contributed by atoms with Gasteiger partial charge in [-0.1, -0.05) is 0 Å². The van der Waals surface area contributed by atoms with Gasteiger partial charge in [-0.05, 0) is 12.1 Å². The van der Waals surface area contributed by atoms with Crippen LogP contribution in [-0.2, 0) is 45.3 Å². The molecule has 0 aliphatic heterocycles. The largest absolute Gasteiger partial charge is 2.00 e. The molecule has 0 fully saturated rings. The van der Waals surface area contributed by atoms with Gasteiger partial charge >= 0.3 is 17.1 Å². The number of carbonyl (C=O) groups is 4. The molecule has 4 aromatic heterocycles. The first-order chi connectivity index (χ1) is 23.7. The fraction of sp³-hybridized carbons (Fsp3) is 0.333. The molecular formula is C30H38ClCuN12O8+. The summed E-state index contributed by atoms with van der Waals surface area (Å²) in [4.78, 5) is 71.3. The van der Waals surface area contributed by atoms with E-state index in [9.17, 15) is 39.4 Å². The Kier molecular flexibility index (Phi) is 15.8. The summed E-state index contributed by atoms with van der Waals surface area (Å²) in [6.45, 7) is 2.90. The molecule has 0 bridgehead atoms. The second-order valence-corrected chi connectivity index (χ2v) is 11.3. The molecule has 4 aromatic rings. The van der Waals surface area contributed by atoms with E-state index in [1.165, 1.54) is 59.9 Å². The van der Waals surface area contributed by atoms with Crippen LogP contribution in [0.3, 0.4) is 0 Å². The molecule has 4 rings (SSSR count). The quantitative estimate of drug-likeness (QED) is 0.0289. The van der Waals surface area contributed by atoms with E-state index >= 15 is 0 Å². The van der Waals surface area contributed by atoms with Crippen molar-refractivity contribution in [3.8, 4) is 0 Å². The van der Waals surface area contributed by atoms with Gasteiger partial charge in [-0.2, -0.15) is 0 Å². The average Bonchev–Trinajstić information content (AvgIpc) is 3.83. The number of hydrogen-bond acceptors (Lipinski definition) is 10. The molecule has 52 heavy (non-hydrogen) atoms. The minimum absolute atomic E-state index is 0. The van der Waals surface area contributed by atoms with Crippen molar-refractivity contribution in [2.45, 2.75) is 0 Å². The van der Waals surface area contributed by atoms with Crippen LogP contribution in [0.25, 0.3) is 0 Å². The van der Waals surface area contributed by atoms with Crippen LogP contribution in [0.4, 0.5) is 22.7 Å². The number of carbonyl (C=O) groups excluding carboxylic acids is 4. The Bertz CT molecular complexity index is 1790. The summed E-state index contributed by atoms with van der Waals surface area (Å²) in [6.07, 6.45) is 5.62. The van der Waals surface area contributed by atoms with Gasteiger partial charge in [0.25, 0.3) is 35.0 Å². The normalized spacial score (nSPS) is 10.5. The van der Waals surface area contributed by atoms with Gasteiger partial charge in [-0.15, -0.1) is 0 Å². The van der Waals surface area contributed by atoms with Crippen LogP contribution in [0.1, 0.15) is 42.0 Å². The van der Waals surface area contributed by atoms with Crippen LogP contribution in [0.15, 0.2) is 49.1 Å². The number of nitro groups is 2. The molecule has 4 amide bonds. The number of aromatic nitrogens is 4. The van der Waals surface area contributed by atoms with E-state index in [1.54, 1.807) is 35.6 Å². The molecule has 283 valence electrons. The molecular weight excluding hydrogens is 755 g/mol. The summed E-state index contributed by atoms with van der Waals surface area (Å²) in [7, 11) is 6.37. The van der Waals surface area contributed by atoms with Crippen LogP contribution >= 0.6 is 0 Å². The minimum atomic E-state index is -0.584. The van der Waals surface area contributed by atoms with Crippen LogP contribution in [0.5, 0.6) is 0 Å². The molecule has 0 atom stereocenters. The van der Waals surface area contributed by atoms with E-state index < -0.39 is 21.7 Å². The van der Waals surface area contributed by atoms with Crippen LogP contribution in [0.2, 0.25) is 0 Å². The van der Waals surface area contributed by atoms with Crippen molar-refractivity contribution in [2.75, 3.05) is 49.9 Å². The Morgan fingerprint density at radius 1 is 0.538 bits per heavy atom. The van der Waals surface area contributed by atoms with E-state index in [0.717, 1.165) is 0 Å². The van der Waals surface area contributed by atoms with Gasteiger partial charge in [0.2, 0.25) is 0 Å². The third-order valence-corrected chi connectivity index (χ3v) is 7.51. The van der Waals surface area contributed by atoms with Crippen molar-refractivity contribution in [3.63, 3.8) is 0 Å². The Morgan fingerprint density at radius 2 is 0.846 bits per heavy atom. The summed E-state index contributed by atoms with van der Waals surface area (Å²) in [5, 5.41) is 39.2. The zero-order valence-corrected chi connectivity index (χ0v) is 30.2. The molecule has 0 spiro atoms. The maximum Gasteiger partial charge on any atom is 2.00 e. The number of anilines is 2. The molecule has 0 unspecified atom stereocenters. The van der Waals surface area contributed by atoms with Crippen molar-refractivity contribution < 1.29 is 58.5 Å². The van der Waals surface area contributed by atoms with Crippen LogP contribution in [-0.4, -0.2) is 91.0 Å². The van der Waals surface area contributed by atoms with Crippen molar-refractivity contribution in [3.05, 3.63) is 92.1 Å². The molecule has 22 heteroatoms. The molecule has 0 aromatic carbocycles. The fourth-order valence-corrected chi connectivity index (χ4v) is 4.99. The maximum absolute atomic E-state index is 12.7. The Hall–Kier alpha value is -5.47. The summed E-state index contributed by atoms with van der Waals surface area (Å²) in [6, 6.07) is 5.37. The second kappa shape index (κ2) is 19.2. The van der Waals surface area contributed by atoms with Gasteiger partial charge in [0.15, 0.2) is 0 Å². The topological polar surface area (TPSA) is 246 Å². The molecule has 0 aliphatic rings. The Morgan fingerprint density at radius 3 is 1.17 bits per heavy atom. The zero-order valence-electron chi connectivity index (χ0n) is 28.5. The number of nitrogens with one attached hydrogen (secondary N) is 6. The monoisotopic (exact) mass is 792 g/mol. The van der Waals surface area contributed by atoms with E-state index in [0.29, 0.717) is 62.0 Å². The molecule has 0 saturated carbocycles. The van der Waals surface area contributed by atoms with Crippen molar-refractivity contribution in [2.24, 2.45) is 28.2 Å². The molecule has 0 aliphatic carbocycles. The average molecular weight is 794 g/mol. The predicted molar refractivity (Wildman–Crippen MR) is 181 cm³/mol. The van der Waals surface area contributed by atoms with Crippen LogP contribution < -0.4 is 44.3 Å². The maximum atomic E-state index is 12.7. The first kappa shape index (κ1) is 42.7. The summed E-state index contributed by atoms with van der Waals surface area (Å²) < 4.78 is 5.83. The van der Waals surface area contributed by atoms with Crippen molar-refractivity contribution in [1.82, 2.24) is 39.5 Å². The molecule has 4 heterocycles. The second-order valence-electron chi connectivity index (χ2n) is 11.3. The van der Waals surface area contributed by atoms with Crippen LogP contribution in [0, 0.1) is 20.2 Å². The molecule has 20 nitrogen and oxygen atoms in total. The number of amides is 4. The standard InChI is InChI=1S/C30H38N12O8.ClH.Cu/c1-37-15-19(35-29(45)25-13-21(41(47)48)17-39(25)3)11-23(37)27(43)33-9-7-31-5-6-32-8-10-34-28(44)24-12-20(16-38(24)2)36-30(46)26-14-22(42(49)50)18-40(26)4;;/h11-18,31-32H,5-10H2,1-4H3,(H,33,43)(H,34,44)(H,35,45)(H,36,46);1H;/q;;+2/p-1. The van der Waals surface area contributed by atoms with Crippen molar-refractivity contribution >= 4 is 46.4 Å². The van der Waals surface area contributed by atoms with E-state index in [1.807, 2.05) is 0 Å². The molecule has 1 radical (unpaired) electrons. The number of halogens is 1. The number of nitrogens with zero attached hydrogens (tertiary/aromatic N) is 6. The summed E-state index contributed by atoms with van der Waals surface area (Å²) >= 11 is 0. The third-order valence-electron chi connectivity index (χ3n) is 7.51. The fourth-order valence-electron chi connectivity index (χ4n) is 4.99. The number of hydrogen-bond donors (Lipinski definition) is 6. The summed E-state index contributed by atoms with van der Waals surface area (Å²) in [5.41, 5.74) is 1.17. The van der Waals surface area contributed by atoms with E-state index in [2.05, 4.69) is 31.9 Å². The van der Waals surface area contributed by atoms with E-state index in [4.69, 9.17) is 0 Å². The number of aryl methyl sites for hydroxylation is 4. The first-order valence-electron chi connectivity index (χ1n) is 15.3. The zero-order chi connectivity index (χ0) is 36.5. The molecule has 0 saturated heterocycles. The SMILES string of the molecule is Cn1cc(NC(=O)c2cc([N+](=O)[O-])cn2C)cc1C(=O)NCCNCCNCCNC(=O)c1cc(NC(=O)c2cc([N+](=O)[O-])cn2C)cn1C.[Cl-].[Cu+2]. The van der Waals surface area contributed by atoms with Gasteiger partial charge in [0, 0.05) is 92.0 Å². The number of rotatable bonds is 17. The predicted octanol–water partition coefficient (Wildman–Crippen LogP) is -2.30. The van der Waals surface area contributed by atoms with Gasteiger partial charge in [-0.3, -0.25) is 39.4 Å². The summed E-state index contributed by atoms with van der Waals surface area (Å²) in [5.74, 6) is -1.77. The Balaban J connectivity index is 0.00000468. The van der Waals surface area contributed by atoms with Gasteiger partial charge in [0.05, 0.1) is 33.6 Å². The van der Waals surface area contributed by atoms with Gasteiger partial charge < -0.3 is 62.6 Å². The van der Waals surface area contributed by atoms with E-state index in [-0.39, 0.29) is 64.1 Å². The van der Waals surface area contributed by atoms with Gasteiger partial charge in [-0.25, -0.2) is 0 Å². The molecule has 6 N–H and O–H groups in total. The smallest absolute Gasteiger partial charge is 1.00 e. The minimum Gasteiger partial charge on any atom is -1.00 e. The third kappa shape index (κ3) is 11.0. The Labute approximate surface area is 313 Å². The first-order valence-corrected chi connectivity index (χ1v) is 15.3.